The Morgan fingerprint density at radius 2 is 1.93 bits per heavy atom. The van der Waals surface area contributed by atoms with E-state index in [1.165, 1.54) is 20.8 Å². The van der Waals surface area contributed by atoms with Crippen molar-refractivity contribution in [2.75, 3.05) is 0 Å². The van der Waals surface area contributed by atoms with Gasteiger partial charge in [-0.1, -0.05) is 6.58 Å². The Kier molecular flexibility index (Phi) is 7.80. The summed E-state index contributed by atoms with van der Waals surface area (Å²) in [6.07, 6.45) is 0.915. The summed E-state index contributed by atoms with van der Waals surface area (Å²) in [5.41, 5.74) is 1.73. The second-order valence-electron chi connectivity index (χ2n) is 3.32. The Morgan fingerprint density at radius 1 is 1.50 bits per heavy atom. The van der Waals surface area contributed by atoms with Crippen LogP contribution in [0.15, 0.2) is 12.7 Å². The van der Waals surface area contributed by atoms with Gasteiger partial charge in [-0.05, 0) is 26.8 Å². The molecule has 1 N–H and O–H groups in total. The zero-order valence-corrected chi connectivity index (χ0v) is 12.8. The Morgan fingerprint density at radius 3 is 2.21 bits per heavy atom. The second-order valence-corrected chi connectivity index (χ2v) is 5.62. The first kappa shape index (κ1) is 17.2. The zero-order valence-electron chi connectivity index (χ0n) is 9.83. The van der Waals surface area contributed by atoms with Gasteiger partial charge in [0.1, 0.15) is 0 Å². The molecule has 0 aromatic rings. The van der Waals surface area contributed by atoms with Crippen molar-refractivity contribution in [3.8, 4) is 0 Å². The molecule has 0 atom stereocenters. The zero-order chi connectivity index (χ0) is 10.7. The largest absolute Gasteiger partial charge is 1.00 e. The van der Waals surface area contributed by atoms with Crippen LogP contribution in [0, 0.1) is 0 Å². The van der Waals surface area contributed by atoms with Crippen LogP contribution in [0.2, 0.25) is 0 Å². The van der Waals surface area contributed by atoms with Crippen LogP contribution in [0.4, 0.5) is 0 Å². The molecule has 0 radical (unpaired) electrons. The van der Waals surface area contributed by atoms with Crippen LogP contribution < -0.4 is 56.9 Å². The molecule has 14 heavy (non-hydrogen) atoms. The maximum absolute atomic E-state index is 11.2. The third-order valence-corrected chi connectivity index (χ3v) is 2.99. The monoisotopic (exact) mass is 247 g/mol. The van der Waals surface area contributed by atoms with E-state index in [9.17, 15) is 13.2 Å². The van der Waals surface area contributed by atoms with E-state index in [4.69, 9.17) is 0 Å². The molecule has 0 spiro atoms. The molecule has 1 amide bonds. The molecule has 0 aromatic carbocycles. The molecule has 0 aliphatic heterocycles. The molecule has 5 nitrogen and oxygen atoms in total. The minimum Gasteiger partial charge on any atom is -1.00 e. The van der Waals surface area contributed by atoms with Crippen LogP contribution in [-0.2, 0) is 19.2 Å². The molecule has 0 saturated heterocycles. The summed E-state index contributed by atoms with van der Waals surface area (Å²) < 4.78 is 25.6. The average molecular weight is 247 g/mol. The quantitative estimate of drug-likeness (QED) is 0.339. The summed E-state index contributed by atoms with van der Waals surface area (Å²) in [7, 11) is -3.78. The molecule has 0 rings (SSSR count). The molecule has 0 aromatic heterocycles. The van der Waals surface area contributed by atoms with Crippen molar-refractivity contribution in [2.45, 2.75) is 25.5 Å². The van der Waals surface area contributed by atoms with Crippen molar-refractivity contribution in [1.82, 2.24) is 5.48 Å². The van der Waals surface area contributed by atoms with Crippen molar-refractivity contribution in [3.05, 3.63) is 12.7 Å². The molecule has 0 aliphatic rings. The van der Waals surface area contributed by atoms with E-state index in [2.05, 4.69) is 10.9 Å². The van der Waals surface area contributed by atoms with Crippen molar-refractivity contribution in [2.24, 2.45) is 0 Å². The molecule has 78 valence electrons. The molecule has 0 fully saturated rings. The summed E-state index contributed by atoms with van der Waals surface area (Å²) in [5.74, 6) is -0.701. The molecular weight excluding hydrogens is 233 g/mol. The predicted molar refractivity (Wildman–Crippen MR) is 49.2 cm³/mol. The fraction of sp³-hybridized carbons (Fsp3) is 0.571. The van der Waals surface area contributed by atoms with E-state index in [1.807, 2.05) is 0 Å². The van der Waals surface area contributed by atoms with Crippen LogP contribution in [0.1, 0.15) is 22.2 Å². The smallest absolute Gasteiger partial charge is 1.00 e. The third-order valence-electron chi connectivity index (χ3n) is 1.19. The third kappa shape index (κ3) is 5.59. The number of nitrogens with one attached hydrogen (secondary N) is 1. The topological polar surface area (TPSA) is 72.5 Å². The van der Waals surface area contributed by atoms with Crippen LogP contribution >= 0.6 is 0 Å². The van der Waals surface area contributed by atoms with Crippen molar-refractivity contribution < 1.29 is 70.3 Å². The summed E-state index contributed by atoms with van der Waals surface area (Å²) in [6.45, 7) is 7.52. The standard InChI is InChI=1S/C7H13NO4S.K.H/c1-5-6(9)8-12-13(10,11)7(2,3)4;;/h5H,1H2,2-4H3,(H,8,9);;/q;+1;-1. The number of carbonyl (C=O) groups excluding carboxylic acids is 1. The van der Waals surface area contributed by atoms with Crippen molar-refractivity contribution in [1.29, 1.82) is 0 Å². The summed E-state index contributed by atoms with van der Waals surface area (Å²) in [4.78, 5) is 10.6. The van der Waals surface area contributed by atoms with Gasteiger partial charge in [0.15, 0.2) is 0 Å². The van der Waals surface area contributed by atoms with Crippen molar-refractivity contribution >= 4 is 16.0 Å². The molecule has 0 bridgehead atoms. The van der Waals surface area contributed by atoms with Gasteiger partial charge in [-0.3, -0.25) is 4.79 Å². The summed E-state index contributed by atoms with van der Waals surface area (Å²) in [5, 5.41) is 0. The normalized spacial score (nSPS) is 11.4. The van der Waals surface area contributed by atoms with Crippen LogP contribution in [0.25, 0.3) is 0 Å². The number of carbonyl (C=O) groups is 1. The van der Waals surface area contributed by atoms with Gasteiger partial charge >= 0.3 is 51.4 Å². The van der Waals surface area contributed by atoms with Gasteiger partial charge in [-0.15, -0.1) is 4.28 Å². The maximum Gasteiger partial charge on any atom is 1.00 e. The van der Waals surface area contributed by atoms with E-state index in [0.29, 0.717) is 0 Å². The number of amides is 1. The molecule has 7 heteroatoms. The first-order chi connectivity index (χ1) is 5.70. The fourth-order valence-corrected chi connectivity index (χ4v) is 0.704. The average Bonchev–Trinajstić information content (AvgIpc) is 1.98. The van der Waals surface area contributed by atoms with Crippen molar-refractivity contribution in [3.63, 3.8) is 0 Å². The minimum atomic E-state index is -3.78. The van der Waals surface area contributed by atoms with Gasteiger partial charge in [0.25, 0.3) is 16.0 Å². The molecule has 0 heterocycles. The minimum absolute atomic E-state index is 0. The number of rotatable bonds is 3. The Bertz CT molecular complexity index is 309. The van der Waals surface area contributed by atoms with Gasteiger partial charge in [0, 0.05) is 0 Å². The van der Waals surface area contributed by atoms with E-state index >= 15 is 0 Å². The van der Waals surface area contributed by atoms with Gasteiger partial charge < -0.3 is 1.43 Å². The number of hydrogen-bond donors (Lipinski definition) is 1. The predicted octanol–water partition coefficient (Wildman–Crippen LogP) is -2.53. The maximum atomic E-state index is 11.2. The molecular formula is C7H14KNO4S. The molecule has 0 saturated carbocycles. The number of hydrogen-bond acceptors (Lipinski definition) is 4. The Balaban J connectivity index is -0.000000720. The van der Waals surface area contributed by atoms with Crippen LogP contribution in [0.3, 0.4) is 0 Å². The van der Waals surface area contributed by atoms with E-state index in [-0.39, 0.29) is 52.8 Å². The fourth-order valence-electron chi connectivity index (χ4n) is 0.263. The summed E-state index contributed by atoms with van der Waals surface area (Å²) in [6, 6.07) is 0. The van der Waals surface area contributed by atoms with Gasteiger partial charge in [-0.25, -0.2) is 5.48 Å². The van der Waals surface area contributed by atoms with Gasteiger partial charge in [-0.2, -0.15) is 8.42 Å². The van der Waals surface area contributed by atoms with E-state index in [1.54, 1.807) is 5.48 Å². The van der Waals surface area contributed by atoms with Gasteiger partial charge in [0.05, 0.1) is 4.75 Å². The summed E-state index contributed by atoms with van der Waals surface area (Å²) >= 11 is 0. The Labute approximate surface area is 128 Å². The Hall–Kier alpha value is 0.756. The van der Waals surface area contributed by atoms with E-state index < -0.39 is 20.8 Å². The molecule has 0 unspecified atom stereocenters. The van der Waals surface area contributed by atoms with Crippen LogP contribution in [0.5, 0.6) is 0 Å². The number of hydroxylamine groups is 1. The van der Waals surface area contributed by atoms with Gasteiger partial charge in [0.2, 0.25) is 0 Å². The second kappa shape index (κ2) is 6.36. The van der Waals surface area contributed by atoms with Crippen LogP contribution in [-0.4, -0.2) is 19.1 Å². The SMILES string of the molecule is C=CC(=O)NOS(=O)(=O)C(C)(C)C.[H-].[K+]. The molecule has 0 aliphatic carbocycles. The first-order valence-electron chi connectivity index (χ1n) is 3.56. The first-order valence-corrected chi connectivity index (χ1v) is 4.97. The van der Waals surface area contributed by atoms with E-state index in [0.717, 1.165) is 6.08 Å².